The molecule has 1 aliphatic rings. The zero-order chi connectivity index (χ0) is 16.2. The van der Waals surface area contributed by atoms with E-state index < -0.39 is 22.2 Å². The number of carbonyl (C=O) groups is 2. The predicted molar refractivity (Wildman–Crippen MR) is 78.3 cm³/mol. The summed E-state index contributed by atoms with van der Waals surface area (Å²) in [6.45, 7) is 0.445. The summed E-state index contributed by atoms with van der Waals surface area (Å²) < 4.78 is 0. The number of nitrogens with one attached hydrogen (secondary N) is 1. The first kappa shape index (κ1) is 15.9. The van der Waals surface area contributed by atoms with E-state index in [1.54, 1.807) is 12.1 Å². The Labute approximate surface area is 127 Å². The summed E-state index contributed by atoms with van der Waals surface area (Å²) in [4.78, 5) is 32.8. The van der Waals surface area contributed by atoms with Gasteiger partial charge in [0.1, 0.15) is 5.41 Å². The van der Waals surface area contributed by atoms with Gasteiger partial charge in [0.05, 0.1) is 4.92 Å². The molecular formula is C15H18N2O5. The summed E-state index contributed by atoms with van der Waals surface area (Å²) in [7, 11) is 0. The molecule has 0 bridgehead atoms. The van der Waals surface area contributed by atoms with Crippen molar-refractivity contribution < 1.29 is 19.6 Å². The minimum absolute atomic E-state index is 0.0689. The fraction of sp³-hybridized carbons (Fsp3) is 0.467. The van der Waals surface area contributed by atoms with Gasteiger partial charge in [-0.3, -0.25) is 19.7 Å². The highest BCUT2D eigenvalue weighted by atomic mass is 16.6. The van der Waals surface area contributed by atoms with Crippen LogP contribution >= 0.6 is 0 Å². The maximum atomic E-state index is 11.7. The predicted octanol–water partition coefficient (Wildman–Crippen LogP) is 1.90. The van der Waals surface area contributed by atoms with Gasteiger partial charge in [0.25, 0.3) is 5.69 Å². The number of carbonyl (C=O) groups excluding carboxylic acids is 1. The molecule has 0 saturated heterocycles. The number of carboxylic acids is 1. The third-order valence-electron chi connectivity index (χ3n) is 3.92. The SMILES string of the molecule is O=C(O)C1(C(=O)NCCCCc2ccc([N+](=O)[O-])cc2)CC1. The number of amides is 1. The smallest absolute Gasteiger partial charge is 0.319 e. The molecule has 0 aromatic heterocycles. The van der Waals surface area contributed by atoms with E-state index in [4.69, 9.17) is 5.11 Å². The summed E-state index contributed by atoms with van der Waals surface area (Å²) in [5.74, 6) is -1.44. The molecule has 1 fully saturated rings. The second-order valence-electron chi connectivity index (χ2n) is 5.52. The molecule has 0 spiro atoms. The lowest BCUT2D eigenvalue weighted by atomic mass is 10.1. The highest BCUT2D eigenvalue weighted by Crippen LogP contribution is 2.46. The summed E-state index contributed by atoms with van der Waals surface area (Å²) in [6, 6.07) is 6.39. The van der Waals surface area contributed by atoms with Crippen LogP contribution in [0.3, 0.4) is 0 Å². The monoisotopic (exact) mass is 306 g/mol. The lowest BCUT2D eigenvalue weighted by Crippen LogP contribution is -2.37. The molecule has 1 aromatic rings. The maximum Gasteiger partial charge on any atom is 0.319 e. The molecule has 22 heavy (non-hydrogen) atoms. The lowest BCUT2D eigenvalue weighted by molar-refractivity contribution is -0.384. The first-order valence-corrected chi connectivity index (χ1v) is 7.21. The van der Waals surface area contributed by atoms with Crippen LogP contribution in [0.4, 0.5) is 5.69 Å². The highest BCUT2D eigenvalue weighted by molar-refractivity contribution is 6.04. The van der Waals surface area contributed by atoms with Crippen molar-refractivity contribution in [1.82, 2.24) is 5.32 Å². The van der Waals surface area contributed by atoms with Gasteiger partial charge in [-0.1, -0.05) is 12.1 Å². The van der Waals surface area contributed by atoms with Gasteiger partial charge >= 0.3 is 5.97 Å². The number of unbranched alkanes of at least 4 members (excludes halogenated alkanes) is 1. The Balaban J connectivity index is 1.66. The van der Waals surface area contributed by atoms with Crippen molar-refractivity contribution in [3.8, 4) is 0 Å². The minimum Gasteiger partial charge on any atom is -0.480 e. The molecule has 1 saturated carbocycles. The van der Waals surface area contributed by atoms with Crippen molar-refractivity contribution >= 4 is 17.6 Å². The van der Waals surface area contributed by atoms with Crippen molar-refractivity contribution in [2.75, 3.05) is 6.54 Å². The van der Waals surface area contributed by atoms with E-state index in [-0.39, 0.29) is 5.69 Å². The average Bonchev–Trinajstić information content (AvgIpc) is 3.29. The van der Waals surface area contributed by atoms with E-state index in [0.29, 0.717) is 19.4 Å². The largest absolute Gasteiger partial charge is 0.480 e. The number of aliphatic carboxylic acids is 1. The Morgan fingerprint density at radius 3 is 2.36 bits per heavy atom. The number of nitrogens with zero attached hydrogens (tertiary/aromatic N) is 1. The molecule has 1 aromatic carbocycles. The third-order valence-corrected chi connectivity index (χ3v) is 3.92. The summed E-state index contributed by atoms with van der Waals surface area (Å²) in [6.07, 6.45) is 3.14. The quantitative estimate of drug-likeness (QED) is 0.330. The van der Waals surface area contributed by atoms with E-state index in [2.05, 4.69) is 5.32 Å². The first-order valence-electron chi connectivity index (χ1n) is 7.21. The number of hydrogen-bond donors (Lipinski definition) is 2. The molecule has 2 rings (SSSR count). The van der Waals surface area contributed by atoms with Crippen LogP contribution in [-0.4, -0.2) is 28.5 Å². The van der Waals surface area contributed by atoms with Crippen LogP contribution in [-0.2, 0) is 16.0 Å². The minimum atomic E-state index is -1.18. The van der Waals surface area contributed by atoms with Gasteiger partial charge in [-0.25, -0.2) is 0 Å². The Morgan fingerprint density at radius 2 is 1.86 bits per heavy atom. The number of hydrogen-bond acceptors (Lipinski definition) is 4. The summed E-state index contributed by atoms with van der Waals surface area (Å²) in [5, 5.41) is 22.2. The van der Waals surface area contributed by atoms with E-state index in [1.165, 1.54) is 12.1 Å². The Hall–Kier alpha value is -2.44. The number of non-ortho nitro benzene ring substituents is 1. The van der Waals surface area contributed by atoms with Gasteiger partial charge in [0.15, 0.2) is 0 Å². The van der Waals surface area contributed by atoms with Crippen LogP contribution in [0.2, 0.25) is 0 Å². The fourth-order valence-electron chi connectivity index (χ4n) is 2.27. The molecule has 118 valence electrons. The first-order chi connectivity index (χ1) is 10.5. The van der Waals surface area contributed by atoms with Crippen molar-refractivity contribution in [2.45, 2.75) is 32.1 Å². The number of aryl methyl sites for hydroxylation is 1. The number of rotatable bonds is 8. The zero-order valence-electron chi connectivity index (χ0n) is 12.1. The molecule has 7 nitrogen and oxygen atoms in total. The normalized spacial score (nSPS) is 15.1. The molecule has 1 amide bonds. The van der Waals surface area contributed by atoms with Crippen molar-refractivity contribution in [2.24, 2.45) is 5.41 Å². The molecule has 2 N–H and O–H groups in total. The maximum absolute atomic E-state index is 11.7. The molecule has 7 heteroatoms. The van der Waals surface area contributed by atoms with E-state index in [1.807, 2.05) is 0 Å². The van der Waals surface area contributed by atoms with Gasteiger partial charge in [0.2, 0.25) is 5.91 Å². The average molecular weight is 306 g/mol. The van der Waals surface area contributed by atoms with Crippen LogP contribution in [0.15, 0.2) is 24.3 Å². The zero-order valence-corrected chi connectivity index (χ0v) is 12.1. The van der Waals surface area contributed by atoms with E-state index in [9.17, 15) is 19.7 Å². The van der Waals surface area contributed by atoms with Crippen LogP contribution in [0.25, 0.3) is 0 Å². The molecule has 1 aliphatic carbocycles. The standard InChI is InChI=1S/C15H18N2O5/c18-13(15(8-9-15)14(19)20)16-10-2-1-3-11-4-6-12(7-5-11)17(21)22/h4-7H,1-3,8-10H2,(H,16,18)(H,19,20). The Bertz CT molecular complexity index is 578. The number of benzene rings is 1. The Kier molecular flexibility index (Phi) is 4.75. The van der Waals surface area contributed by atoms with E-state index >= 15 is 0 Å². The molecule has 0 aliphatic heterocycles. The third kappa shape index (κ3) is 3.60. The summed E-state index contributed by atoms with van der Waals surface area (Å²) in [5.41, 5.74) is -0.112. The molecule has 0 radical (unpaired) electrons. The topological polar surface area (TPSA) is 110 Å². The van der Waals surface area contributed by atoms with Crippen LogP contribution in [0.5, 0.6) is 0 Å². The van der Waals surface area contributed by atoms with Gasteiger partial charge in [0, 0.05) is 18.7 Å². The van der Waals surface area contributed by atoms with Crippen LogP contribution in [0.1, 0.15) is 31.2 Å². The van der Waals surface area contributed by atoms with Gasteiger partial charge in [-0.15, -0.1) is 0 Å². The number of nitro benzene ring substituents is 1. The van der Waals surface area contributed by atoms with Crippen LogP contribution in [0, 0.1) is 15.5 Å². The Morgan fingerprint density at radius 1 is 1.23 bits per heavy atom. The van der Waals surface area contributed by atoms with Gasteiger partial charge in [-0.05, 0) is 37.7 Å². The second kappa shape index (κ2) is 6.55. The van der Waals surface area contributed by atoms with Crippen molar-refractivity contribution in [1.29, 1.82) is 0 Å². The molecule has 0 atom stereocenters. The lowest BCUT2D eigenvalue weighted by Gasteiger charge is -2.10. The summed E-state index contributed by atoms with van der Waals surface area (Å²) >= 11 is 0. The molecule has 0 heterocycles. The fourth-order valence-corrected chi connectivity index (χ4v) is 2.27. The van der Waals surface area contributed by atoms with E-state index in [0.717, 1.165) is 24.8 Å². The van der Waals surface area contributed by atoms with Crippen LogP contribution < -0.4 is 5.32 Å². The highest BCUT2D eigenvalue weighted by Gasteiger charge is 2.56. The second-order valence-corrected chi connectivity index (χ2v) is 5.52. The van der Waals surface area contributed by atoms with Crippen molar-refractivity contribution in [3.05, 3.63) is 39.9 Å². The number of carboxylic acid groups (broad SMARTS) is 1. The molecule has 0 unspecified atom stereocenters. The van der Waals surface area contributed by atoms with Crippen molar-refractivity contribution in [3.63, 3.8) is 0 Å². The van der Waals surface area contributed by atoms with Gasteiger partial charge < -0.3 is 10.4 Å². The molecular weight excluding hydrogens is 288 g/mol. The number of nitro groups is 1. The van der Waals surface area contributed by atoms with Gasteiger partial charge in [-0.2, -0.15) is 0 Å².